The van der Waals surface area contributed by atoms with Crippen molar-refractivity contribution in [3.8, 4) is 5.75 Å². The molecular weight excluding hydrogens is 384 g/mol. The van der Waals surface area contributed by atoms with Crippen LogP contribution in [0.5, 0.6) is 5.75 Å². The average Bonchev–Trinajstić information content (AvgIpc) is 2.84. The van der Waals surface area contributed by atoms with E-state index in [0.717, 1.165) is 44.2 Å². The zero-order chi connectivity index (χ0) is 21.5. The van der Waals surface area contributed by atoms with Crippen LogP contribution in [0, 0.1) is 0 Å². The third kappa shape index (κ3) is 5.75. The molecule has 1 atom stereocenters. The van der Waals surface area contributed by atoms with Crippen LogP contribution >= 0.6 is 0 Å². The van der Waals surface area contributed by atoms with Gasteiger partial charge in [-0.2, -0.15) is 0 Å². The molecule has 0 bridgehead atoms. The van der Waals surface area contributed by atoms with Crippen LogP contribution in [0.1, 0.15) is 62.6 Å². The van der Waals surface area contributed by atoms with Gasteiger partial charge in [0, 0.05) is 44.7 Å². The van der Waals surface area contributed by atoms with Gasteiger partial charge in [0.05, 0.1) is 0 Å². The van der Waals surface area contributed by atoms with E-state index in [-0.39, 0.29) is 12.0 Å². The quantitative estimate of drug-likeness (QED) is 0.453. The highest BCUT2D eigenvalue weighted by Gasteiger charge is 2.29. The van der Waals surface area contributed by atoms with E-state index in [1.54, 1.807) is 0 Å². The number of rotatable bonds is 7. The Balaban J connectivity index is 1.50. The molecule has 4 nitrogen and oxygen atoms in total. The molecule has 2 aromatic carbocycles. The Hall–Kier alpha value is -2.17. The second-order valence-electron chi connectivity index (χ2n) is 8.93. The van der Waals surface area contributed by atoms with E-state index < -0.39 is 0 Å². The Morgan fingerprint density at radius 1 is 0.935 bits per heavy atom. The molecule has 2 fully saturated rings. The molecule has 1 unspecified atom stereocenters. The Morgan fingerprint density at radius 2 is 1.61 bits per heavy atom. The van der Waals surface area contributed by atoms with Gasteiger partial charge < -0.3 is 4.74 Å². The van der Waals surface area contributed by atoms with Gasteiger partial charge in [-0.1, -0.05) is 74.7 Å². The van der Waals surface area contributed by atoms with E-state index in [2.05, 4.69) is 46.2 Å². The largest absolute Gasteiger partial charge is 0.426 e. The fraction of sp³-hybridized carbons (Fsp3) is 0.519. The van der Waals surface area contributed by atoms with E-state index in [9.17, 15) is 4.79 Å². The second kappa shape index (κ2) is 10.9. The lowest BCUT2D eigenvalue weighted by molar-refractivity contribution is -0.134. The molecule has 0 amide bonds. The molecule has 1 saturated carbocycles. The Labute approximate surface area is 187 Å². The maximum atomic E-state index is 11.9. The summed E-state index contributed by atoms with van der Waals surface area (Å²) in [6.45, 7) is 6.32. The highest BCUT2D eigenvalue weighted by Crippen LogP contribution is 2.31. The molecule has 2 aliphatic rings. The van der Waals surface area contributed by atoms with Crippen molar-refractivity contribution in [2.24, 2.45) is 0 Å². The van der Waals surface area contributed by atoms with Crippen LogP contribution in [0.4, 0.5) is 0 Å². The summed E-state index contributed by atoms with van der Waals surface area (Å²) in [5.74, 6) is 0.529. The number of hydrogen-bond donors (Lipinski definition) is 0. The fourth-order valence-electron chi connectivity index (χ4n) is 5.17. The van der Waals surface area contributed by atoms with Crippen molar-refractivity contribution in [1.29, 1.82) is 0 Å². The fourth-order valence-corrected chi connectivity index (χ4v) is 5.17. The minimum Gasteiger partial charge on any atom is -0.426 e. The second-order valence-corrected chi connectivity index (χ2v) is 8.93. The number of nitrogens with zero attached hydrogens (tertiary/aromatic N) is 2. The molecule has 4 rings (SSSR count). The maximum Gasteiger partial charge on any atom is 0.310 e. The van der Waals surface area contributed by atoms with Gasteiger partial charge in [-0.3, -0.25) is 14.6 Å². The molecule has 1 aliphatic heterocycles. The van der Waals surface area contributed by atoms with Crippen molar-refractivity contribution < 1.29 is 9.53 Å². The van der Waals surface area contributed by atoms with Crippen molar-refractivity contribution in [1.82, 2.24) is 9.80 Å². The summed E-state index contributed by atoms with van der Waals surface area (Å²) in [6, 6.07) is 19.9. The van der Waals surface area contributed by atoms with Crippen LogP contribution in [-0.2, 0) is 11.2 Å². The Kier molecular flexibility index (Phi) is 7.76. The smallest absolute Gasteiger partial charge is 0.310 e. The summed E-state index contributed by atoms with van der Waals surface area (Å²) in [5.41, 5.74) is 2.44. The van der Waals surface area contributed by atoms with Gasteiger partial charge in [0.15, 0.2) is 0 Å². The summed E-state index contributed by atoms with van der Waals surface area (Å²) >= 11 is 0. The Bertz CT molecular complexity index is 824. The highest BCUT2D eigenvalue weighted by molar-refractivity contribution is 5.72. The number of esters is 1. The molecule has 166 valence electrons. The number of carbonyl (C=O) groups is 1. The van der Waals surface area contributed by atoms with Gasteiger partial charge in [-0.05, 0) is 36.5 Å². The van der Waals surface area contributed by atoms with E-state index in [1.807, 2.05) is 25.1 Å². The summed E-state index contributed by atoms with van der Waals surface area (Å²) in [6.07, 6.45) is 8.18. The predicted octanol–water partition coefficient (Wildman–Crippen LogP) is 5.24. The minimum atomic E-state index is -0.176. The number of para-hydroxylation sites is 1. The molecule has 31 heavy (non-hydrogen) atoms. The molecule has 1 aliphatic carbocycles. The molecule has 4 heteroatoms. The molecule has 0 spiro atoms. The Morgan fingerprint density at radius 3 is 2.32 bits per heavy atom. The van der Waals surface area contributed by atoms with Gasteiger partial charge in [-0.15, -0.1) is 0 Å². The van der Waals surface area contributed by atoms with Crippen molar-refractivity contribution in [2.75, 3.05) is 26.2 Å². The summed E-state index contributed by atoms with van der Waals surface area (Å²) < 4.78 is 5.65. The number of carbonyl (C=O) groups excluding carboxylic acids is 1. The van der Waals surface area contributed by atoms with Crippen molar-refractivity contribution in [3.05, 3.63) is 65.7 Å². The van der Waals surface area contributed by atoms with Gasteiger partial charge in [0.25, 0.3) is 0 Å². The lowest BCUT2D eigenvalue weighted by Gasteiger charge is -2.43. The third-order valence-corrected chi connectivity index (χ3v) is 6.96. The molecule has 1 saturated heterocycles. The maximum absolute atomic E-state index is 11.9. The van der Waals surface area contributed by atoms with Crippen LogP contribution in [0.3, 0.4) is 0 Å². The number of hydrogen-bond acceptors (Lipinski definition) is 4. The van der Waals surface area contributed by atoms with Crippen LogP contribution in [0.2, 0.25) is 0 Å². The van der Waals surface area contributed by atoms with Crippen molar-refractivity contribution in [3.63, 3.8) is 0 Å². The van der Waals surface area contributed by atoms with Crippen LogP contribution in [-0.4, -0.2) is 48.0 Å². The molecule has 0 N–H and O–H groups in total. The lowest BCUT2D eigenvalue weighted by Crippen LogP contribution is -2.51. The summed E-state index contributed by atoms with van der Waals surface area (Å²) in [7, 11) is 0. The third-order valence-electron chi connectivity index (χ3n) is 6.96. The first kappa shape index (κ1) is 22.0. The van der Waals surface area contributed by atoms with Crippen molar-refractivity contribution >= 4 is 5.97 Å². The molecule has 0 radical (unpaired) electrons. The summed E-state index contributed by atoms with van der Waals surface area (Å²) in [4.78, 5) is 17.3. The van der Waals surface area contributed by atoms with E-state index in [0.29, 0.717) is 12.2 Å². The van der Waals surface area contributed by atoms with Gasteiger partial charge in [0.1, 0.15) is 5.75 Å². The van der Waals surface area contributed by atoms with Gasteiger partial charge >= 0.3 is 5.97 Å². The number of benzene rings is 2. The molecule has 1 heterocycles. The normalized spacial score (nSPS) is 19.8. The molecular formula is C27H36N2O2. The standard InChI is InChI=1S/C27H36N2O2/c1-2-27(30)31-26-16-10-9-13-23(26)21-25(22-11-5-3-6-12-22)29-19-17-28(18-20-29)24-14-7-4-8-15-24/h3,5-6,9-13,16,24-25H,2,4,7-8,14-15,17-21H2,1H3. The minimum absolute atomic E-state index is 0.176. The highest BCUT2D eigenvalue weighted by atomic mass is 16.5. The first-order valence-corrected chi connectivity index (χ1v) is 12.1. The van der Waals surface area contributed by atoms with Crippen LogP contribution < -0.4 is 4.74 Å². The van der Waals surface area contributed by atoms with E-state index in [1.165, 1.54) is 37.7 Å². The lowest BCUT2D eigenvalue weighted by atomic mass is 9.93. The molecule has 0 aromatic heterocycles. The van der Waals surface area contributed by atoms with Gasteiger partial charge in [-0.25, -0.2) is 0 Å². The number of ether oxygens (including phenoxy) is 1. The van der Waals surface area contributed by atoms with Gasteiger partial charge in [0.2, 0.25) is 0 Å². The zero-order valence-corrected chi connectivity index (χ0v) is 18.8. The monoisotopic (exact) mass is 420 g/mol. The topological polar surface area (TPSA) is 32.8 Å². The first-order valence-electron chi connectivity index (χ1n) is 12.1. The number of piperazine rings is 1. The van der Waals surface area contributed by atoms with E-state index >= 15 is 0 Å². The van der Waals surface area contributed by atoms with Crippen LogP contribution in [0.25, 0.3) is 0 Å². The SMILES string of the molecule is CCC(=O)Oc1ccccc1CC(c1ccccc1)N1CCN(C2CCCCC2)CC1. The average molecular weight is 421 g/mol. The first-order chi connectivity index (χ1) is 15.2. The summed E-state index contributed by atoms with van der Waals surface area (Å²) in [5, 5.41) is 0. The molecule has 2 aromatic rings. The van der Waals surface area contributed by atoms with E-state index in [4.69, 9.17) is 4.74 Å². The van der Waals surface area contributed by atoms with Crippen molar-refractivity contribution in [2.45, 2.75) is 64.0 Å². The predicted molar refractivity (Wildman–Crippen MR) is 125 cm³/mol. The van der Waals surface area contributed by atoms with Crippen LogP contribution in [0.15, 0.2) is 54.6 Å². The zero-order valence-electron chi connectivity index (χ0n) is 18.8.